The van der Waals surface area contributed by atoms with Crippen LogP contribution < -0.4 is 0 Å². The molecule has 4 heterocycles. The fourth-order valence-corrected chi connectivity index (χ4v) is 3.54. The van der Waals surface area contributed by atoms with E-state index < -0.39 is 11.6 Å². The monoisotopic (exact) mass is 512 g/mol. The summed E-state index contributed by atoms with van der Waals surface area (Å²) in [5, 5.41) is 11.0. The molecule has 0 bridgehead atoms. The SMILES string of the molecule is Cl.Cl.Cl.Fc1ccc(-c2[nH]ncc2-c2ccc3ncc(-c4noc(C5CC5)n4)n3c2)c(F)c1. The van der Waals surface area contributed by atoms with Crippen molar-refractivity contribution in [1.29, 1.82) is 0 Å². The van der Waals surface area contributed by atoms with Crippen LogP contribution in [0.25, 0.3) is 39.5 Å². The Bertz CT molecular complexity index is 1410. The average molecular weight is 514 g/mol. The molecule has 0 atom stereocenters. The third-order valence-corrected chi connectivity index (χ3v) is 5.25. The Kier molecular flexibility index (Phi) is 7.06. The van der Waals surface area contributed by atoms with E-state index in [-0.39, 0.29) is 42.8 Å². The minimum atomic E-state index is -0.663. The van der Waals surface area contributed by atoms with Crippen LogP contribution in [0.1, 0.15) is 24.7 Å². The molecule has 6 rings (SSSR count). The first kappa shape index (κ1) is 24.6. The number of rotatable bonds is 4. The molecular formula is C21H17Cl3F2N6O. The summed E-state index contributed by atoms with van der Waals surface area (Å²) < 4.78 is 34.9. The molecule has 7 nitrogen and oxygen atoms in total. The molecule has 12 heteroatoms. The second-order valence-electron chi connectivity index (χ2n) is 7.30. The van der Waals surface area contributed by atoms with Crippen LogP contribution in [0.2, 0.25) is 0 Å². The molecule has 33 heavy (non-hydrogen) atoms. The zero-order chi connectivity index (χ0) is 20.2. The van der Waals surface area contributed by atoms with Crippen LogP contribution in [0.4, 0.5) is 8.78 Å². The second-order valence-corrected chi connectivity index (χ2v) is 7.30. The van der Waals surface area contributed by atoms with Gasteiger partial charge in [-0.3, -0.25) is 9.50 Å². The highest BCUT2D eigenvalue weighted by Crippen LogP contribution is 2.39. The van der Waals surface area contributed by atoms with Gasteiger partial charge in [0, 0.05) is 34.9 Å². The smallest absolute Gasteiger partial charge is 0.230 e. The topological polar surface area (TPSA) is 84.9 Å². The predicted molar refractivity (Wildman–Crippen MR) is 125 cm³/mol. The van der Waals surface area contributed by atoms with Gasteiger partial charge in [0.05, 0.1) is 18.1 Å². The summed E-state index contributed by atoms with van der Waals surface area (Å²) in [6, 6.07) is 7.17. The van der Waals surface area contributed by atoms with Crippen molar-refractivity contribution in [3.05, 3.63) is 66.4 Å². The number of aromatic nitrogens is 6. The Hall–Kier alpha value is -3.01. The summed E-state index contributed by atoms with van der Waals surface area (Å²) in [6.45, 7) is 0. The van der Waals surface area contributed by atoms with Gasteiger partial charge in [-0.25, -0.2) is 13.8 Å². The van der Waals surface area contributed by atoms with E-state index in [0.717, 1.165) is 24.5 Å². The highest BCUT2D eigenvalue weighted by atomic mass is 35.5. The summed E-state index contributed by atoms with van der Waals surface area (Å²) in [5.74, 6) is 0.190. The van der Waals surface area contributed by atoms with E-state index in [1.807, 2.05) is 22.7 Å². The van der Waals surface area contributed by atoms with Crippen LogP contribution in [0, 0.1) is 11.6 Å². The van der Waals surface area contributed by atoms with Crippen LogP contribution >= 0.6 is 37.2 Å². The predicted octanol–water partition coefficient (Wildman–Crippen LogP) is 5.86. The van der Waals surface area contributed by atoms with Gasteiger partial charge in [0.2, 0.25) is 11.7 Å². The standard InChI is InChI=1S/C21H14F2N6O.3ClH/c22-13-4-5-14(16(23)7-13)19-15(8-25-27-19)12-3-6-18-24-9-17(29(18)10-12)20-26-21(30-28-20)11-1-2-11;;;/h3-11H,1-2H2,(H,25,27);3*1H. The maximum atomic E-state index is 14.3. The van der Waals surface area contributed by atoms with Crippen molar-refractivity contribution in [1.82, 2.24) is 29.7 Å². The molecule has 0 amide bonds. The number of halogens is 5. The van der Waals surface area contributed by atoms with Crippen molar-refractivity contribution in [2.45, 2.75) is 18.8 Å². The molecule has 1 aromatic carbocycles. The summed E-state index contributed by atoms with van der Waals surface area (Å²) in [5.41, 5.74) is 3.56. The number of imidazole rings is 1. The molecule has 0 unspecified atom stereocenters. The molecule has 0 radical (unpaired) electrons. The Labute approximate surface area is 204 Å². The van der Waals surface area contributed by atoms with E-state index in [0.29, 0.717) is 40.2 Å². The van der Waals surface area contributed by atoms with Crippen LogP contribution in [0.5, 0.6) is 0 Å². The van der Waals surface area contributed by atoms with Crippen molar-refractivity contribution in [2.75, 3.05) is 0 Å². The largest absolute Gasteiger partial charge is 0.339 e. The summed E-state index contributed by atoms with van der Waals surface area (Å²) in [4.78, 5) is 8.91. The number of H-pyrrole nitrogens is 1. The third-order valence-electron chi connectivity index (χ3n) is 5.25. The Balaban J connectivity index is 0.00000102. The molecule has 4 aromatic heterocycles. The summed E-state index contributed by atoms with van der Waals surface area (Å²) >= 11 is 0. The van der Waals surface area contributed by atoms with Crippen LogP contribution in [0.15, 0.2) is 53.4 Å². The van der Waals surface area contributed by atoms with E-state index >= 15 is 0 Å². The molecule has 0 spiro atoms. The maximum absolute atomic E-state index is 14.3. The third kappa shape index (κ3) is 4.31. The first-order chi connectivity index (χ1) is 14.7. The van der Waals surface area contributed by atoms with E-state index in [1.165, 1.54) is 12.1 Å². The zero-order valence-electron chi connectivity index (χ0n) is 16.7. The first-order valence-corrected chi connectivity index (χ1v) is 9.47. The lowest BCUT2D eigenvalue weighted by Crippen LogP contribution is -1.93. The molecule has 1 aliphatic carbocycles. The molecule has 1 N–H and O–H groups in total. The molecule has 1 saturated carbocycles. The van der Waals surface area contributed by atoms with Crippen LogP contribution in [-0.4, -0.2) is 29.7 Å². The maximum Gasteiger partial charge on any atom is 0.230 e. The average Bonchev–Trinajstić information content (AvgIpc) is 3.15. The van der Waals surface area contributed by atoms with Crippen LogP contribution in [0.3, 0.4) is 0 Å². The van der Waals surface area contributed by atoms with Gasteiger partial charge in [-0.2, -0.15) is 10.1 Å². The lowest BCUT2D eigenvalue weighted by atomic mass is 10.0. The quantitative estimate of drug-likeness (QED) is 0.325. The van der Waals surface area contributed by atoms with Crippen LogP contribution in [-0.2, 0) is 0 Å². The van der Waals surface area contributed by atoms with Gasteiger partial charge in [-0.1, -0.05) is 5.16 Å². The van der Waals surface area contributed by atoms with Crippen molar-refractivity contribution in [3.8, 4) is 33.9 Å². The van der Waals surface area contributed by atoms with E-state index in [9.17, 15) is 8.78 Å². The van der Waals surface area contributed by atoms with Gasteiger partial charge in [0.1, 0.15) is 23.0 Å². The molecule has 0 aliphatic heterocycles. The number of nitrogens with zero attached hydrogens (tertiary/aromatic N) is 5. The number of aromatic amines is 1. The number of fused-ring (bicyclic) bond motifs is 1. The van der Waals surface area contributed by atoms with Gasteiger partial charge in [0.15, 0.2) is 0 Å². The van der Waals surface area contributed by atoms with E-state index in [4.69, 9.17) is 4.52 Å². The number of hydrogen-bond donors (Lipinski definition) is 1. The van der Waals surface area contributed by atoms with Gasteiger partial charge in [0.25, 0.3) is 0 Å². The van der Waals surface area contributed by atoms with Crippen molar-refractivity contribution in [2.24, 2.45) is 0 Å². The van der Waals surface area contributed by atoms with E-state index in [1.54, 1.807) is 12.4 Å². The van der Waals surface area contributed by atoms with Gasteiger partial charge in [-0.15, -0.1) is 37.2 Å². The molecule has 172 valence electrons. The zero-order valence-corrected chi connectivity index (χ0v) is 19.2. The molecule has 1 fully saturated rings. The van der Waals surface area contributed by atoms with Crippen molar-refractivity contribution in [3.63, 3.8) is 0 Å². The van der Waals surface area contributed by atoms with Gasteiger partial charge in [-0.05, 0) is 37.1 Å². The Morgan fingerprint density at radius 2 is 1.82 bits per heavy atom. The van der Waals surface area contributed by atoms with Crippen molar-refractivity contribution < 1.29 is 13.3 Å². The Morgan fingerprint density at radius 3 is 2.58 bits per heavy atom. The highest BCUT2D eigenvalue weighted by Gasteiger charge is 2.30. The molecule has 1 aliphatic rings. The number of hydrogen-bond acceptors (Lipinski definition) is 5. The molecule has 0 saturated heterocycles. The van der Waals surface area contributed by atoms with Gasteiger partial charge >= 0.3 is 0 Å². The lowest BCUT2D eigenvalue weighted by molar-refractivity contribution is 0.380. The minimum absolute atomic E-state index is 0. The number of pyridine rings is 1. The first-order valence-electron chi connectivity index (χ1n) is 9.47. The molecule has 5 aromatic rings. The Morgan fingerprint density at radius 1 is 1.00 bits per heavy atom. The fourth-order valence-electron chi connectivity index (χ4n) is 3.54. The van der Waals surface area contributed by atoms with Crippen molar-refractivity contribution >= 4 is 42.9 Å². The number of benzene rings is 1. The summed E-state index contributed by atoms with van der Waals surface area (Å²) in [6.07, 6.45) is 7.30. The molecular weight excluding hydrogens is 497 g/mol. The highest BCUT2D eigenvalue weighted by molar-refractivity contribution is 5.86. The minimum Gasteiger partial charge on any atom is -0.339 e. The normalized spacial score (nSPS) is 12.7. The number of nitrogens with one attached hydrogen (secondary N) is 1. The van der Waals surface area contributed by atoms with Gasteiger partial charge < -0.3 is 4.52 Å². The fraction of sp³-hybridized carbons (Fsp3) is 0.143. The lowest BCUT2D eigenvalue weighted by Gasteiger charge is -2.07. The second kappa shape index (κ2) is 9.46. The summed E-state index contributed by atoms with van der Waals surface area (Å²) in [7, 11) is 0. The van der Waals surface area contributed by atoms with E-state index in [2.05, 4.69) is 25.3 Å².